The van der Waals surface area contributed by atoms with Crippen LogP contribution in [0.15, 0.2) is 12.3 Å². The number of carbonyl (C=O) groups excluding carboxylic acids is 1. The number of carbonyl (C=O) groups is 2. The highest BCUT2D eigenvalue weighted by atomic mass is 35.5. The molecule has 0 bridgehead atoms. The molecule has 1 saturated heterocycles. The van der Waals surface area contributed by atoms with Crippen molar-refractivity contribution in [3.8, 4) is 0 Å². The van der Waals surface area contributed by atoms with Gasteiger partial charge in [-0.3, -0.25) is 14.5 Å². The van der Waals surface area contributed by atoms with Crippen molar-refractivity contribution in [1.82, 2.24) is 14.4 Å². The van der Waals surface area contributed by atoms with E-state index in [-0.39, 0.29) is 12.5 Å². The minimum absolute atomic E-state index is 0.0104. The lowest BCUT2D eigenvalue weighted by Gasteiger charge is -2.33. The molecule has 0 aromatic carbocycles. The van der Waals surface area contributed by atoms with Gasteiger partial charge in [-0.2, -0.15) is 0 Å². The Morgan fingerprint density at radius 3 is 2.48 bits per heavy atom. The first-order chi connectivity index (χ1) is 10.0. The van der Waals surface area contributed by atoms with Gasteiger partial charge in [-0.1, -0.05) is 11.6 Å². The number of hydrogen-bond donors (Lipinski definition) is 1. The maximum Gasteiger partial charge on any atom is 0.317 e. The lowest BCUT2D eigenvalue weighted by molar-refractivity contribution is -0.138. The molecule has 7 heteroatoms. The zero-order valence-corrected chi connectivity index (χ0v) is 12.4. The molecule has 1 N–H and O–H groups in total. The van der Waals surface area contributed by atoms with Gasteiger partial charge < -0.3 is 14.6 Å². The molecule has 0 unspecified atom stereocenters. The van der Waals surface area contributed by atoms with Crippen molar-refractivity contribution in [3.63, 3.8) is 0 Å². The van der Waals surface area contributed by atoms with E-state index in [0.717, 1.165) is 12.8 Å². The third-order valence-electron chi connectivity index (χ3n) is 3.99. The van der Waals surface area contributed by atoms with Gasteiger partial charge in [0.1, 0.15) is 5.69 Å². The second kappa shape index (κ2) is 5.69. The monoisotopic (exact) mass is 311 g/mol. The van der Waals surface area contributed by atoms with E-state index in [0.29, 0.717) is 42.9 Å². The summed E-state index contributed by atoms with van der Waals surface area (Å²) in [5, 5.41) is 9.38. The summed E-state index contributed by atoms with van der Waals surface area (Å²) in [6.07, 6.45) is 4.02. The predicted octanol–water partition coefficient (Wildman–Crippen LogP) is 1.32. The van der Waals surface area contributed by atoms with Crippen LogP contribution in [0.25, 0.3) is 0 Å². The van der Waals surface area contributed by atoms with Gasteiger partial charge in [0.05, 0.1) is 11.6 Å². The quantitative estimate of drug-likeness (QED) is 0.911. The normalized spacial score (nSPS) is 19.8. The Bertz CT molecular complexity index is 560. The highest BCUT2D eigenvalue weighted by Crippen LogP contribution is 2.37. The van der Waals surface area contributed by atoms with Crippen molar-refractivity contribution in [2.45, 2.75) is 18.9 Å². The van der Waals surface area contributed by atoms with E-state index in [4.69, 9.17) is 16.7 Å². The topological polar surface area (TPSA) is 65.8 Å². The SMILES string of the molecule is O=C(O)CN1CCN(C(=O)c2cc(Cl)cn2C2CC2)CC1. The van der Waals surface area contributed by atoms with Gasteiger partial charge in [0.25, 0.3) is 5.91 Å². The van der Waals surface area contributed by atoms with Crippen LogP contribution in [0.2, 0.25) is 5.02 Å². The minimum atomic E-state index is -0.829. The third-order valence-corrected chi connectivity index (χ3v) is 4.20. The predicted molar refractivity (Wildman–Crippen MR) is 77.7 cm³/mol. The van der Waals surface area contributed by atoms with Crippen molar-refractivity contribution in [3.05, 3.63) is 23.0 Å². The van der Waals surface area contributed by atoms with Crippen LogP contribution in [0.5, 0.6) is 0 Å². The fourth-order valence-corrected chi connectivity index (χ4v) is 2.94. The zero-order valence-electron chi connectivity index (χ0n) is 11.7. The summed E-state index contributed by atoms with van der Waals surface area (Å²) in [5.74, 6) is -0.840. The Hall–Kier alpha value is -1.53. The number of carboxylic acid groups (broad SMARTS) is 1. The molecular weight excluding hydrogens is 294 g/mol. The van der Waals surface area contributed by atoms with Crippen LogP contribution in [0.4, 0.5) is 0 Å². The minimum Gasteiger partial charge on any atom is -0.480 e. The van der Waals surface area contributed by atoms with Gasteiger partial charge in [0.15, 0.2) is 0 Å². The van der Waals surface area contributed by atoms with Crippen LogP contribution in [-0.4, -0.2) is 64.1 Å². The zero-order chi connectivity index (χ0) is 15.0. The van der Waals surface area contributed by atoms with Crippen LogP contribution in [0.3, 0.4) is 0 Å². The van der Waals surface area contributed by atoms with Crippen LogP contribution < -0.4 is 0 Å². The van der Waals surface area contributed by atoms with E-state index in [2.05, 4.69) is 0 Å². The molecule has 6 nitrogen and oxygen atoms in total. The van der Waals surface area contributed by atoms with E-state index in [1.165, 1.54) is 0 Å². The Kier molecular flexibility index (Phi) is 3.91. The number of aliphatic carboxylic acids is 1. The number of halogens is 1. The molecule has 1 aliphatic heterocycles. The van der Waals surface area contributed by atoms with Crippen LogP contribution in [0.1, 0.15) is 29.4 Å². The average Bonchev–Trinajstić information content (AvgIpc) is 3.21. The number of carboxylic acids is 1. The van der Waals surface area contributed by atoms with E-state index in [9.17, 15) is 9.59 Å². The Balaban J connectivity index is 1.65. The van der Waals surface area contributed by atoms with E-state index >= 15 is 0 Å². The standard InChI is InChI=1S/C14H18ClN3O3/c15-10-7-12(18(8-10)11-1-2-11)14(21)17-5-3-16(4-6-17)9-13(19)20/h7-8,11H,1-6,9H2,(H,19,20). The fourth-order valence-electron chi connectivity index (χ4n) is 2.73. The summed E-state index contributed by atoms with van der Waals surface area (Å²) in [6.45, 7) is 2.33. The largest absolute Gasteiger partial charge is 0.480 e. The molecule has 1 saturated carbocycles. The second-order valence-corrected chi connectivity index (χ2v) is 6.08. The van der Waals surface area contributed by atoms with Crippen molar-refractivity contribution in [2.75, 3.05) is 32.7 Å². The van der Waals surface area contributed by atoms with Gasteiger partial charge in [-0.25, -0.2) is 0 Å². The van der Waals surface area contributed by atoms with Gasteiger partial charge in [0, 0.05) is 38.4 Å². The fraction of sp³-hybridized carbons (Fsp3) is 0.571. The molecule has 0 spiro atoms. The molecule has 2 aliphatic rings. The van der Waals surface area contributed by atoms with E-state index in [1.807, 2.05) is 15.7 Å². The summed E-state index contributed by atoms with van der Waals surface area (Å²) in [4.78, 5) is 26.9. The van der Waals surface area contributed by atoms with Crippen LogP contribution in [0, 0.1) is 0 Å². The number of aromatic nitrogens is 1. The molecule has 1 aliphatic carbocycles. The number of hydrogen-bond acceptors (Lipinski definition) is 3. The maximum atomic E-state index is 12.6. The molecule has 0 radical (unpaired) electrons. The lowest BCUT2D eigenvalue weighted by Crippen LogP contribution is -2.50. The summed E-state index contributed by atoms with van der Waals surface area (Å²) in [7, 11) is 0. The summed E-state index contributed by atoms with van der Waals surface area (Å²) in [5.41, 5.74) is 0.647. The Labute approximate surface area is 127 Å². The first kappa shape index (κ1) is 14.4. The molecular formula is C14H18ClN3O3. The Morgan fingerprint density at radius 2 is 1.90 bits per heavy atom. The van der Waals surface area contributed by atoms with Crippen molar-refractivity contribution < 1.29 is 14.7 Å². The first-order valence-electron chi connectivity index (χ1n) is 7.15. The molecule has 2 fully saturated rings. The third kappa shape index (κ3) is 3.22. The van der Waals surface area contributed by atoms with Gasteiger partial charge >= 0.3 is 5.97 Å². The van der Waals surface area contributed by atoms with Gasteiger partial charge in [-0.15, -0.1) is 0 Å². The molecule has 1 aromatic rings. The number of rotatable bonds is 4. The molecule has 1 amide bonds. The van der Waals surface area contributed by atoms with Crippen molar-refractivity contribution in [1.29, 1.82) is 0 Å². The second-order valence-electron chi connectivity index (χ2n) is 5.64. The van der Waals surface area contributed by atoms with E-state index < -0.39 is 5.97 Å². The molecule has 0 atom stereocenters. The number of amides is 1. The molecule has 2 heterocycles. The average molecular weight is 312 g/mol. The Morgan fingerprint density at radius 1 is 1.24 bits per heavy atom. The number of nitrogens with zero attached hydrogens (tertiary/aromatic N) is 3. The molecule has 3 rings (SSSR count). The van der Waals surface area contributed by atoms with Crippen LogP contribution in [-0.2, 0) is 4.79 Å². The summed E-state index contributed by atoms with van der Waals surface area (Å²) < 4.78 is 1.98. The van der Waals surface area contributed by atoms with E-state index in [1.54, 1.807) is 11.0 Å². The molecule has 1 aromatic heterocycles. The number of piperazine rings is 1. The first-order valence-corrected chi connectivity index (χ1v) is 7.53. The van der Waals surface area contributed by atoms with Crippen LogP contribution >= 0.6 is 11.6 Å². The summed E-state index contributed by atoms with van der Waals surface area (Å²) in [6, 6.07) is 2.14. The molecule has 114 valence electrons. The molecule has 21 heavy (non-hydrogen) atoms. The van der Waals surface area contributed by atoms with Gasteiger partial charge in [0.2, 0.25) is 0 Å². The van der Waals surface area contributed by atoms with Gasteiger partial charge in [-0.05, 0) is 18.9 Å². The highest BCUT2D eigenvalue weighted by molar-refractivity contribution is 6.31. The summed E-state index contributed by atoms with van der Waals surface area (Å²) >= 11 is 6.04. The smallest absolute Gasteiger partial charge is 0.317 e. The lowest BCUT2D eigenvalue weighted by atomic mass is 10.2. The van der Waals surface area contributed by atoms with Crippen molar-refractivity contribution >= 4 is 23.5 Å². The highest BCUT2D eigenvalue weighted by Gasteiger charge is 2.30. The van der Waals surface area contributed by atoms with Crippen molar-refractivity contribution in [2.24, 2.45) is 0 Å². The maximum absolute atomic E-state index is 12.6.